The molecule has 0 amide bonds. The van der Waals surface area contributed by atoms with E-state index in [0.29, 0.717) is 13.2 Å². The van der Waals surface area contributed by atoms with Gasteiger partial charge in [0, 0.05) is 12.8 Å². The van der Waals surface area contributed by atoms with E-state index in [0.717, 1.165) is 28.9 Å². The van der Waals surface area contributed by atoms with Gasteiger partial charge in [-0.3, -0.25) is 0 Å². The van der Waals surface area contributed by atoms with Crippen molar-refractivity contribution < 1.29 is 4.74 Å². The summed E-state index contributed by atoms with van der Waals surface area (Å²) in [5.74, 6) is 2.69. The Morgan fingerprint density at radius 2 is 2.05 bits per heavy atom. The normalized spacial score (nSPS) is 10.9. The molecule has 0 atom stereocenters. The van der Waals surface area contributed by atoms with E-state index in [1.165, 1.54) is 11.1 Å². The zero-order valence-electron chi connectivity index (χ0n) is 12.8. The Morgan fingerprint density at radius 3 is 2.71 bits per heavy atom. The molecule has 21 heavy (non-hydrogen) atoms. The highest BCUT2D eigenvalue weighted by atomic mass is 32.2. The van der Waals surface area contributed by atoms with Crippen molar-refractivity contribution >= 4 is 11.8 Å². The maximum Gasteiger partial charge on any atom is 0.190 e. The van der Waals surface area contributed by atoms with Gasteiger partial charge in [-0.05, 0) is 43.5 Å². The molecule has 0 aliphatic heterocycles. The van der Waals surface area contributed by atoms with Crippen LogP contribution in [0.15, 0.2) is 23.4 Å². The Bertz CT molecular complexity index is 597. The van der Waals surface area contributed by atoms with E-state index in [1.807, 2.05) is 17.7 Å². The van der Waals surface area contributed by atoms with Crippen LogP contribution in [-0.2, 0) is 13.6 Å². The summed E-state index contributed by atoms with van der Waals surface area (Å²) in [6.45, 7) is 5.32. The summed E-state index contributed by atoms with van der Waals surface area (Å²) >= 11 is 1.68. The van der Waals surface area contributed by atoms with Gasteiger partial charge in [-0.25, -0.2) is 0 Å². The first kappa shape index (κ1) is 15.9. The van der Waals surface area contributed by atoms with Crippen molar-refractivity contribution in [1.29, 1.82) is 0 Å². The number of thioether (sulfide) groups is 1. The van der Waals surface area contributed by atoms with Crippen LogP contribution in [0.4, 0.5) is 0 Å². The molecule has 0 unspecified atom stereocenters. The molecular formula is C15H22N4OS. The number of aromatic nitrogens is 3. The molecule has 2 rings (SSSR count). The summed E-state index contributed by atoms with van der Waals surface area (Å²) < 4.78 is 7.70. The molecular weight excluding hydrogens is 284 g/mol. The Labute approximate surface area is 129 Å². The zero-order chi connectivity index (χ0) is 15.2. The van der Waals surface area contributed by atoms with Crippen LogP contribution in [0.5, 0.6) is 5.75 Å². The molecule has 0 radical (unpaired) electrons. The van der Waals surface area contributed by atoms with Gasteiger partial charge >= 0.3 is 0 Å². The number of ether oxygens (including phenoxy) is 1. The third-order valence-electron chi connectivity index (χ3n) is 3.37. The van der Waals surface area contributed by atoms with E-state index >= 15 is 0 Å². The lowest BCUT2D eigenvalue weighted by Gasteiger charge is -2.08. The third-order valence-corrected chi connectivity index (χ3v) is 4.48. The lowest BCUT2D eigenvalue weighted by Crippen LogP contribution is -2.05. The fraction of sp³-hybridized carbons (Fsp3) is 0.467. The van der Waals surface area contributed by atoms with Gasteiger partial charge < -0.3 is 15.0 Å². The monoisotopic (exact) mass is 306 g/mol. The first-order valence-corrected chi connectivity index (χ1v) is 8.01. The highest BCUT2D eigenvalue weighted by Gasteiger charge is 2.07. The van der Waals surface area contributed by atoms with Crippen LogP contribution in [0.25, 0.3) is 0 Å². The Balaban J connectivity index is 1.72. The van der Waals surface area contributed by atoms with E-state index < -0.39 is 0 Å². The van der Waals surface area contributed by atoms with E-state index in [9.17, 15) is 0 Å². The summed E-state index contributed by atoms with van der Waals surface area (Å²) in [5, 5.41) is 9.06. The molecule has 1 heterocycles. The largest absolute Gasteiger partial charge is 0.494 e. The molecule has 0 spiro atoms. The van der Waals surface area contributed by atoms with E-state index in [4.69, 9.17) is 10.5 Å². The molecule has 1 aromatic carbocycles. The first-order valence-electron chi connectivity index (χ1n) is 7.03. The van der Waals surface area contributed by atoms with Crippen LogP contribution < -0.4 is 10.5 Å². The predicted molar refractivity (Wildman–Crippen MR) is 85.6 cm³/mol. The fourth-order valence-corrected chi connectivity index (χ4v) is 2.71. The van der Waals surface area contributed by atoms with E-state index in [-0.39, 0.29) is 0 Å². The van der Waals surface area contributed by atoms with Crippen LogP contribution in [-0.4, -0.2) is 27.1 Å². The quantitative estimate of drug-likeness (QED) is 0.629. The summed E-state index contributed by atoms with van der Waals surface area (Å²) in [6, 6.07) is 6.19. The Morgan fingerprint density at radius 1 is 1.24 bits per heavy atom. The second kappa shape index (κ2) is 7.47. The predicted octanol–water partition coefficient (Wildman–Crippen LogP) is 2.45. The van der Waals surface area contributed by atoms with Crippen molar-refractivity contribution in [3.8, 4) is 5.75 Å². The second-order valence-corrected chi connectivity index (χ2v) is 6.02. The number of hydrogen-bond acceptors (Lipinski definition) is 5. The number of aryl methyl sites for hydroxylation is 2. The van der Waals surface area contributed by atoms with Crippen molar-refractivity contribution in [2.45, 2.75) is 32.0 Å². The summed E-state index contributed by atoms with van der Waals surface area (Å²) in [4.78, 5) is 0. The molecule has 2 N–H and O–H groups in total. The molecule has 0 aliphatic carbocycles. The average molecular weight is 306 g/mol. The van der Waals surface area contributed by atoms with Crippen molar-refractivity contribution in [3.63, 3.8) is 0 Å². The fourth-order valence-electron chi connectivity index (χ4n) is 1.86. The van der Waals surface area contributed by atoms with Gasteiger partial charge in [-0.15, -0.1) is 10.2 Å². The van der Waals surface area contributed by atoms with Crippen molar-refractivity contribution in [3.05, 3.63) is 35.2 Å². The summed E-state index contributed by atoms with van der Waals surface area (Å²) in [6.07, 6.45) is 0.961. The number of hydrogen-bond donors (Lipinski definition) is 1. The van der Waals surface area contributed by atoms with Gasteiger partial charge in [0.05, 0.1) is 13.2 Å². The zero-order valence-corrected chi connectivity index (χ0v) is 13.6. The number of nitrogens with two attached hydrogens (primary N) is 1. The molecule has 0 aliphatic rings. The van der Waals surface area contributed by atoms with Gasteiger partial charge in [0.2, 0.25) is 0 Å². The van der Waals surface area contributed by atoms with Crippen molar-refractivity contribution in [2.24, 2.45) is 12.8 Å². The minimum Gasteiger partial charge on any atom is -0.494 e. The van der Waals surface area contributed by atoms with Crippen LogP contribution in [0, 0.1) is 13.8 Å². The average Bonchev–Trinajstić information content (AvgIpc) is 2.83. The molecule has 2 aromatic rings. The second-order valence-electron chi connectivity index (χ2n) is 4.96. The standard InChI is InChI=1S/C15H22N4OS/c1-11-5-6-13(9-12(11)2)20-7-4-8-21-15-18-17-14(10-16)19(15)3/h5-6,9H,4,7-8,10,16H2,1-3H3. The van der Waals surface area contributed by atoms with Crippen LogP contribution in [0.1, 0.15) is 23.4 Å². The Kier molecular flexibility index (Phi) is 5.64. The smallest absolute Gasteiger partial charge is 0.190 e. The number of benzene rings is 1. The molecule has 0 bridgehead atoms. The minimum absolute atomic E-state index is 0.417. The molecule has 5 nitrogen and oxygen atoms in total. The number of nitrogens with zero attached hydrogens (tertiary/aromatic N) is 3. The number of rotatable bonds is 7. The maximum absolute atomic E-state index is 5.76. The summed E-state index contributed by atoms with van der Waals surface area (Å²) in [5.41, 5.74) is 8.12. The highest BCUT2D eigenvalue weighted by Crippen LogP contribution is 2.18. The SMILES string of the molecule is Cc1ccc(OCCCSc2nnc(CN)n2C)cc1C. The molecule has 0 fully saturated rings. The third kappa shape index (κ3) is 4.22. The van der Waals surface area contributed by atoms with Gasteiger partial charge in [0.25, 0.3) is 0 Å². The van der Waals surface area contributed by atoms with Gasteiger partial charge in [0.15, 0.2) is 5.16 Å². The highest BCUT2D eigenvalue weighted by molar-refractivity contribution is 7.99. The topological polar surface area (TPSA) is 66.0 Å². The van der Waals surface area contributed by atoms with Crippen LogP contribution >= 0.6 is 11.8 Å². The molecule has 0 saturated heterocycles. The van der Waals surface area contributed by atoms with Crippen LogP contribution in [0.2, 0.25) is 0 Å². The maximum atomic E-state index is 5.76. The van der Waals surface area contributed by atoms with Crippen molar-refractivity contribution in [2.75, 3.05) is 12.4 Å². The lowest BCUT2D eigenvalue weighted by atomic mass is 10.1. The molecule has 0 saturated carbocycles. The summed E-state index contributed by atoms with van der Waals surface area (Å²) in [7, 11) is 1.94. The van der Waals surface area contributed by atoms with Crippen LogP contribution in [0.3, 0.4) is 0 Å². The molecule has 6 heteroatoms. The minimum atomic E-state index is 0.417. The first-order chi connectivity index (χ1) is 10.1. The van der Waals surface area contributed by atoms with E-state index in [1.54, 1.807) is 11.8 Å². The lowest BCUT2D eigenvalue weighted by molar-refractivity contribution is 0.318. The molecule has 114 valence electrons. The van der Waals surface area contributed by atoms with Gasteiger partial charge in [-0.2, -0.15) is 0 Å². The molecule has 1 aromatic heterocycles. The Hall–Kier alpha value is -1.53. The van der Waals surface area contributed by atoms with Gasteiger partial charge in [-0.1, -0.05) is 17.8 Å². The van der Waals surface area contributed by atoms with E-state index in [2.05, 4.69) is 36.2 Å². The van der Waals surface area contributed by atoms with Crippen molar-refractivity contribution in [1.82, 2.24) is 14.8 Å². The van der Waals surface area contributed by atoms with Gasteiger partial charge in [0.1, 0.15) is 11.6 Å².